The average molecular weight is 461 g/mol. The lowest BCUT2D eigenvalue weighted by Crippen LogP contribution is -2.52. The third-order valence-electron chi connectivity index (χ3n) is 7.08. The third kappa shape index (κ3) is 4.90. The molecular formula is C23H36N6O4. The number of aliphatic hydroxyl groups is 1. The highest BCUT2D eigenvalue weighted by Gasteiger charge is 2.46. The average Bonchev–Trinajstić information content (AvgIpc) is 3.20. The van der Waals surface area contributed by atoms with Crippen molar-refractivity contribution in [2.75, 3.05) is 13.1 Å². The zero-order chi connectivity index (χ0) is 24.1. The van der Waals surface area contributed by atoms with Gasteiger partial charge >= 0.3 is 0 Å². The van der Waals surface area contributed by atoms with Gasteiger partial charge in [0.2, 0.25) is 17.7 Å². The van der Waals surface area contributed by atoms with Crippen LogP contribution in [-0.4, -0.2) is 74.0 Å². The molecule has 3 unspecified atom stereocenters. The van der Waals surface area contributed by atoms with Crippen LogP contribution < -0.4 is 10.6 Å². The van der Waals surface area contributed by atoms with Gasteiger partial charge in [-0.2, -0.15) is 0 Å². The van der Waals surface area contributed by atoms with Crippen LogP contribution in [0.1, 0.15) is 78.0 Å². The molecule has 33 heavy (non-hydrogen) atoms. The maximum absolute atomic E-state index is 13.7. The molecule has 1 aromatic rings. The topological polar surface area (TPSA) is 129 Å². The first-order chi connectivity index (χ1) is 15.4. The van der Waals surface area contributed by atoms with Crippen molar-refractivity contribution in [1.82, 2.24) is 30.5 Å². The number of nitrogens with one attached hydrogen (secondary N) is 2. The molecular weight excluding hydrogens is 424 g/mol. The molecule has 0 aromatic carbocycles. The van der Waals surface area contributed by atoms with Crippen molar-refractivity contribution in [1.29, 1.82) is 0 Å². The molecule has 1 aliphatic carbocycles. The fourth-order valence-electron chi connectivity index (χ4n) is 4.95. The summed E-state index contributed by atoms with van der Waals surface area (Å²) in [6.07, 6.45) is 3.84. The van der Waals surface area contributed by atoms with E-state index in [9.17, 15) is 19.5 Å². The summed E-state index contributed by atoms with van der Waals surface area (Å²) in [5.74, 6) is -0.177. The van der Waals surface area contributed by atoms with Crippen LogP contribution >= 0.6 is 0 Å². The van der Waals surface area contributed by atoms with E-state index in [0.717, 1.165) is 18.5 Å². The Balaban J connectivity index is 1.49. The molecule has 182 valence electrons. The molecule has 10 nitrogen and oxygen atoms in total. The number of carbonyl (C=O) groups is 3. The van der Waals surface area contributed by atoms with Gasteiger partial charge < -0.3 is 20.6 Å². The standard InChI is InChI=1S/C23H36N6O4/c1-22(2,3)19(29-12-15(26-27-29)13-6-7-13)21(33)28-11-14(30)8-16(28)20(32)24-10-17-23(4,5)9-18(31)25-17/h12-14,16-17,19,30H,6-11H2,1-5H3,(H,24,32)(H,25,31)/t14?,16?,17?,19-/m1/s1. The molecule has 3 heterocycles. The second kappa shape index (κ2) is 8.38. The number of β-amino-alcohol motifs (C(OH)–C–C–N with tert-alkyl or cyclic N) is 1. The SMILES string of the molecule is CC1(C)CC(=O)NC1CNC(=O)C1CC(O)CN1C(=O)[C@@H](n1cc(C2CC2)nn1)C(C)(C)C. The van der Waals surface area contributed by atoms with E-state index in [4.69, 9.17) is 0 Å². The van der Waals surface area contributed by atoms with E-state index in [2.05, 4.69) is 20.9 Å². The molecule has 4 atom stereocenters. The molecule has 2 saturated heterocycles. The molecule has 3 amide bonds. The number of rotatable bonds is 6. The monoisotopic (exact) mass is 460 g/mol. The summed E-state index contributed by atoms with van der Waals surface area (Å²) < 4.78 is 1.62. The zero-order valence-electron chi connectivity index (χ0n) is 20.2. The Hall–Kier alpha value is -2.49. The Morgan fingerprint density at radius 1 is 1.33 bits per heavy atom. The van der Waals surface area contributed by atoms with E-state index in [-0.39, 0.29) is 48.7 Å². The number of aromatic nitrogens is 3. The van der Waals surface area contributed by atoms with Crippen LogP contribution in [0.15, 0.2) is 6.20 Å². The number of amides is 3. The molecule has 3 fully saturated rings. The van der Waals surface area contributed by atoms with Gasteiger partial charge in [0, 0.05) is 38.0 Å². The third-order valence-corrected chi connectivity index (χ3v) is 7.08. The first-order valence-corrected chi connectivity index (χ1v) is 11.8. The molecule has 3 aliphatic rings. The Kier molecular flexibility index (Phi) is 6.01. The maximum atomic E-state index is 13.7. The van der Waals surface area contributed by atoms with Crippen molar-refractivity contribution in [3.63, 3.8) is 0 Å². The Labute approximate surface area is 194 Å². The van der Waals surface area contributed by atoms with Gasteiger partial charge in [-0.05, 0) is 23.7 Å². The number of hydrogen-bond acceptors (Lipinski definition) is 6. The second-order valence-electron chi connectivity index (χ2n) is 11.6. The molecule has 2 aliphatic heterocycles. The summed E-state index contributed by atoms with van der Waals surface area (Å²) in [7, 11) is 0. The van der Waals surface area contributed by atoms with Crippen LogP contribution in [0, 0.1) is 10.8 Å². The van der Waals surface area contributed by atoms with Crippen LogP contribution in [0.4, 0.5) is 0 Å². The van der Waals surface area contributed by atoms with Gasteiger partial charge in [-0.15, -0.1) is 5.10 Å². The van der Waals surface area contributed by atoms with Crippen LogP contribution in [0.5, 0.6) is 0 Å². The molecule has 3 N–H and O–H groups in total. The van der Waals surface area contributed by atoms with E-state index in [1.807, 2.05) is 40.8 Å². The van der Waals surface area contributed by atoms with Gasteiger partial charge in [-0.3, -0.25) is 14.4 Å². The van der Waals surface area contributed by atoms with Crippen molar-refractivity contribution in [3.8, 4) is 0 Å². The lowest BCUT2D eigenvalue weighted by molar-refractivity contribution is -0.144. The van der Waals surface area contributed by atoms with E-state index in [1.54, 1.807) is 4.68 Å². The minimum atomic E-state index is -0.774. The van der Waals surface area contributed by atoms with E-state index >= 15 is 0 Å². The number of aliphatic hydroxyl groups excluding tert-OH is 1. The number of carbonyl (C=O) groups excluding carboxylic acids is 3. The van der Waals surface area contributed by atoms with Crippen LogP contribution in [0.3, 0.4) is 0 Å². The highest BCUT2D eigenvalue weighted by Crippen LogP contribution is 2.40. The van der Waals surface area contributed by atoms with Gasteiger partial charge in [0.25, 0.3) is 0 Å². The fraction of sp³-hybridized carbons (Fsp3) is 0.783. The molecule has 0 bridgehead atoms. The number of likely N-dealkylation sites (tertiary alicyclic amines) is 1. The molecule has 1 aromatic heterocycles. The highest BCUT2D eigenvalue weighted by atomic mass is 16.3. The summed E-state index contributed by atoms with van der Waals surface area (Å²) in [5, 5.41) is 24.7. The lowest BCUT2D eigenvalue weighted by atomic mass is 9.85. The smallest absolute Gasteiger partial charge is 0.248 e. The van der Waals surface area contributed by atoms with E-state index in [0.29, 0.717) is 12.3 Å². The van der Waals surface area contributed by atoms with Crippen molar-refractivity contribution < 1.29 is 19.5 Å². The lowest BCUT2D eigenvalue weighted by Gasteiger charge is -2.35. The number of nitrogens with zero attached hydrogens (tertiary/aromatic N) is 4. The Morgan fingerprint density at radius 3 is 2.61 bits per heavy atom. The summed E-state index contributed by atoms with van der Waals surface area (Å²) in [5.41, 5.74) is 0.158. The maximum Gasteiger partial charge on any atom is 0.248 e. The van der Waals surface area contributed by atoms with Crippen molar-refractivity contribution in [2.45, 2.75) is 90.4 Å². The summed E-state index contributed by atoms with van der Waals surface area (Å²) in [6, 6.07) is -1.60. The highest BCUT2D eigenvalue weighted by molar-refractivity contribution is 5.90. The minimum Gasteiger partial charge on any atom is -0.391 e. The van der Waals surface area contributed by atoms with Crippen LogP contribution in [0.2, 0.25) is 0 Å². The van der Waals surface area contributed by atoms with Crippen LogP contribution in [-0.2, 0) is 14.4 Å². The van der Waals surface area contributed by atoms with Crippen molar-refractivity contribution >= 4 is 17.7 Å². The minimum absolute atomic E-state index is 0.0289. The van der Waals surface area contributed by atoms with Gasteiger partial charge in [0.1, 0.15) is 12.1 Å². The summed E-state index contributed by atoms with van der Waals surface area (Å²) in [4.78, 5) is 40.1. The molecule has 10 heteroatoms. The van der Waals surface area contributed by atoms with Gasteiger partial charge in [-0.25, -0.2) is 4.68 Å². The van der Waals surface area contributed by atoms with E-state index < -0.39 is 23.6 Å². The predicted molar refractivity (Wildman–Crippen MR) is 120 cm³/mol. The number of hydrogen-bond donors (Lipinski definition) is 3. The van der Waals surface area contributed by atoms with Crippen molar-refractivity contribution in [3.05, 3.63) is 11.9 Å². The van der Waals surface area contributed by atoms with Gasteiger partial charge in [0.15, 0.2) is 0 Å². The predicted octanol–water partition coefficient (Wildman–Crippen LogP) is 0.735. The zero-order valence-corrected chi connectivity index (χ0v) is 20.2. The molecule has 1 saturated carbocycles. The van der Waals surface area contributed by atoms with Crippen LogP contribution in [0.25, 0.3) is 0 Å². The molecule has 0 radical (unpaired) electrons. The largest absolute Gasteiger partial charge is 0.391 e. The Morgan fingerprint density at radius 2 is 2.03 bits per heavy atom. The fourth-order valence-corrected chi connectivity index (χ4v) is 4.95. The summed E-state index contributed by atoms with van der Waals surface area (Å²) >= 11 is 0. The second-order valence-corrected chi connectivity index (χ2v) is 11.6. The quantitative estimate of drug-likeness (QED) is 0.574. The summed E-state index contributed by atoms with van der Waals surface area (Å²) in [6.45, 7) is 10.2. The molecule has 0 spiro atoms. The van der Waals surface area contributed by atoms with Crippen molar-refractivity contribution in [2.24, 2.45) is 10.8 Å². The van der Waals surface area contributed by atoms with Gasteiger partial charge in [0.05, 0.1) is 17.8 Å². The normalized spacial score (nSPS) is 28.0. The Bertz CT molecular complexity index is 932. The molecule has 4 rings (SSSR count). The first kappa shape index (κ1) is 23.7. The van der Waals surface area contributed by atoms with Gasteiger partial charge in [-0.1, -0.05) is 39.8 Å². The first-order valence-electron chi connectivity index (χ1n) is 11.8. The van der Waals surface area contributed by atoms with E-state index in [1.165, 1.54) is 4.90 Å².